The molecule has 2 heterocycles. The predicted molar refractivity (Wildman–Crippen MR) is 53.7 cm³/mol. The van der Waals surface area contributed by atoms with Crippen molar-refractivity contribution in [2.24, 2.45) is 0 Å². The molecule has 1 saturated heterocycles. The Kier molecular flexibility index (Phi) is 2.31. The molecule has 0 bridgehead atoms. The third kappa shape index (κ3) is 1.89. The van der Waals surface area contributed by atoms with Crippen molar-refractivity contribution in [3.63, 3.8) is 0 Å². The molecule has 0 unspecified atom stereocenters. The number of anilines is 2. The molecule has 0 aliphatic carbocycles. The van der Waals surface area contributed by atoms with Crippen LogP contribution >= 0.6 is 0 Å². The van der Waals surface area contributed by atoms with Crippen LogP contribution in [0.25, 0.3) is 0 Å². The minimum Gasteiger partial charge on any atom is -0.384 e. The van der Waals surface area contributed by atoms with Crippen LogP contribution in [0.4, 0.5) is 11.6 Å². The summed E-state index contributed by atoms with van der Waals surface area (Å²) in [5.41, 5.74) is 5.61. The Labute approximate surface area is 77.8 Å². The van der Waals surface area contributed by atoms with Crippen molar-refractivity contribution in [2.45, 2.75) is 0 Å². The molecule has 0 saturated carbocycles. The summed E-state index contributed by atoms with van der Waals surface area (Å²) in [7, 11) is 0. The molecule has 1 fully saturated rings. The van der Waals surface area contributed by atoms with Crippen molar-refractivity contribution in [3.05, 3.63) is 18.2 Å². The molecule has 70 valence electrons. The number of hydrogen-bond donors (Lipinski definition) is 2. The van der Waals surface area contributed by atoms with Gasteiger partial charge in [0.15, 0.2) is 0 Å². The fourth-order valence-corrected chi connectivity index (χ4v) is 1.51. The summed E-state index contributed by atoms with van der Waals surface area (Å²) in [4.78, 5) is 6.52. The van der Waals surface area contributed by atoms with E-state index >= 15 is 0 Å². The number of nitrogen functional groups attached to an aromatic ring is 1. The molecule has 1 aliphatic heterocycles. The summed E-state index contributed by atoms with van der Waals surface area (Å²) < 4.78 is 0. The van der Waals surface area contributed by atoms with Gasteiger partial charge in [0.05, 0.1) is 0 Å². The summed E-state index contributed by atoms with van der Waals surface area (Å²) in [6.45, 7) is 4.07. The maximum Gasteiger partial charge on any atom is 0.131 e. The van der Waals surface area contributed by atoms with Gasteiger partial charge in [-0.1, -0.05) is 6.07 Å². The molecule has 1 aromatic rings. The average Bonchev–Trinajstić information content (AvgIpc) is 2.19. The first-order valence-electron chi connectivity index (χ1n) is 4.54. The van der Waals surface area contributed by atoms with E-state index in [9.17, 15) is 0 Å². The molecule has 1 aromatic heterocycles. The molecule has 0 aromatic carbocycles. The van der Waals surface area contributed by atoms with E-state index < -0.39 is 0 Å². The van der Waals surface area contributed by atoms with Gasteiger partial charge in [-0.05, 0) is 12.1 Å². The third-order valence-corrected chi connectivity index (χ3v) is 2.20. The van der Waals surface area contributed by atoms with Crippen LogP contribution < -0.4 is 16.0 Å². The Hall–Kier alpha value is -1.29. The molecule has 3 N–H and O–H groups in total. The van der Waals surface area contributed by atoms with E-state index in [1.54, 1.807) is 0 Å². The minimum atomic E-state index is 0.594. The number of piperazine rings is 1. The normalized spacial score (nSPS) is 17.4. The van der Waals surface area contributed by atoms with Crippen LogP contribution in [0, 0.1) is 0 Å². The van der Waals surface area contributed by atoms with E-state index in [4.69, 9.17) is 5.73 Å². The molecule has 0 spiro atoms. The lowest BCUT2D eigenvalue weighted by Crippen LogP contribution is -2.43. The van der Waals surface area contributed by atoms with E-state index in [2.05, 4.69) is 15.2 Å². The topological polar surface area (TPSA) is 54.2 Å². The summed E-state index contributed by atoms with van der Waals surface area (Å²) in [5.74, 6) is 1.58. The monoisotopic (exact) mass is 178 g/mol. The Bertz CT molecular complexity index is 281. The van der Waals surface area contributed by atoms with Gasteiger partial charge < -0.3 is 16.0 Å². The van der Waals surface area contributed by atoms with Gasteiger partial charge in [-0.25, -0.2) is 4.98 Å². The van der Waals surface area contributed by atoms with Crippen LogP contribution in [-0.4, -0.2) is 31.2 Å². The Morgan fingerprint density at radius 2 is 2.08 bits per heavy atom. The van der Waals surface area contributed by atoms with Gasteiger partial charge in [0.1, 0.15) is 11.6 Å². The number of nitrogens with zero attached hydrogens (tertiary/aromatic N) is 2. The van der Waals surface area contributed by atoms with E-state index in [0.717, 1.165) is 32.0 Å². The summed E-state index contributed by atoms with van der Waals surface area (Å²) in [6, 6.07) is 5.76. The maximum absolute atomic E-state index is 5.61. The zero-order valence-electron chi connectivity index (χ0n) is 7.53. The molecule has 0 radical (unpaired) electrons. The molecular weight excluding hydrogens is 164 g/mol. The maximum atomic E-state index is 5.61. The lowest BCUT2D eigenvalue weighted by Gasteiger charge is -2.28. The third-order valence-electron chi connectivity index (χ3n) is 2.20. The first kappa shape index (κ1) is 8.31. The lowest BCUT2D eigenvalue weighted by atomic mass is 10.3. The predicted octanol–water partition coefficient (Wildman–Crippen LogP) is 0.0734. The van der Waals surface area contributed by atoms with E-state index in [1.807, 2.05) is 18.2 Å². The summed E-state index contributed by atoms with van der Waals surface area (Å²) >= 11 is 0. The summed E-state index contributed by atoms with van der Waals surface area (Å²) in [5, 5.41) is 3.30. The highest BCUT2D eigenvalue weighted by Gasteiger charge is 2.10. The molecule has 0 atom stereocenters. The molecule has 0 amide bonds. The van der Waals surface area contributed by atoms with Crippen LogP contribution in [0.5, 0.6) is 0 Å². The molecular formula is C9H14N4. The van der Waals surface area contributed by atoms with Crippen molar-refractivity contribution in [2.75, 3.05) is 36.8 Å². The molecule has 4 nitrogen and oxygen atoms in total. The lowest BCUT2D eigenvalue weighted by molar-refractivity contribution is 0.585. The molecule has 13 heavy (non-hydrogen) atoms. The highest BCUT2D eigenvalue weighted by atomic mass is 15.2. The van der Waals surface area contributed by atoms with Gasteiger partial charge in [-0.3, -0.25) is 0 Å². The van der Waals surface area contributed by atoms with Crippen LogP contribution in [0.3, 0.4) is 0 Å². The fourth-order valence-electron chi connectivity index (χ4n) is 1.51. The van der Waals surface area contributed by atoms with Crippen LogP contribution in [0.15, 0.2) is 18.2 Å². The highest BCUT2D eigenvalue weighted by Crippen LogP contribution is 2.12. The smallest absolute Gasteiger partial charge is 0.131 e. The number of pyridine rings is 1. The van der Waals surface area contributed by atoms with E-state index in [0.29, 0.717) is 5.82 Å². The highest BCUT2D eigenvalue weighted by molar-refractivity contribution is 5.45. The van der Waals surface area contributed by atoms with E-state index in [-0.39, 0.29) is 0 Å². The molecule has 4 heteroatoms. The zero-order valence-corrected chi connectivity index (χ0v) is 7.53. The van der Waals surface area contributed by atoms with Gasteiger partial charge in [0, 0.05) is 26.2 Å². The number of nitrogens with one attached hydrogen (secondary N) is 1. The van der Waals surface area contributed by atoms with Crippen LogP contribution in [-0.2, 0) is 0 Å². The quantitative estimate of drug-likeness (QED) is 0.639. The van der Waals surface area contributed by atoms with Gasteiger partial charge in [0.2, 0.25) is 0 Å². The van der Waals surface area contributed by atoms with Crippen molar-refractivity contribution in [1.82, 2.24) is 10.3 Å². The van der Waals surface area contributed by atoms with Gasteiger partial charge in [-0.2, -0.15) is 0 Å². The first-order valence-corrected chi connectivity index (χ1v) is 4.54. The Morgan fingerprint density at radius 1 is 1.31 bits per heavy atom. The van der Waals surface area contributed by atoms with Crippen molar-refractivity contribution < 1.29 is 0 Å². The van der Waals surface area contributed by atoms with Gasteiger partial charge in [0.25, 0.3) is 0 Å². The number of hydrogen-bond acceptors (Lipinski definition) is 4. The second-order valence-corrected chi connectivity index (χ2v) is 3.16. The fraction of sp³-hybridized carbons (Fsp3) is 0.444. The Balaban J connectivity index is 2.14. The van der Waals surface area contributed by atoms with E-state index in [1.165, 1.54) is 0 Å². The Morgan fingerprint density at radius 3 is 2.77 bits per heavy atom. The van der Waals surface area contributed by atoms with Crippen LogP contribution in [0.2, 0.25) is 0 Å². The molecule has 1 aliphatic rings. The van der Waals surface area contributed by atoms with Gasteiger partial charge >= 0.3 is 0 Å². The van der Waals surface area contributed by atoms with Crippen molar-refractivity contribution >= 4 is 11.6 Å². The van der Waals surface area contributed by atoms with Crippen molar-refractivity contribution in [3.8, 4) is 0 Å². The van der Waals surface area contributed by atoms with Crippen LogP contribution in [0.1, 0.15) is 0 Å². The summed E-state index contributed by atoms with van der Waals surface area (Å²) in [6.07, 6.45) is 0. The van der Waals surface area contributed by atoms with Gasteiger partial charge in [-0.15, -0.1) is 0 Å². The average molecular weight is 178 g/mol. The SMILES string of the molecule is Nc1cccc(N2CCNCC2)n1. The number of nitrogens with two attached hydrogens (primary N) is 1. The molecule has 2 rings (SSSR count). The number of rotatable bonds is 1. The number of aromatic nitrogens is 1. The zero-order chi connectivity index (χ0) is 9.10. The van der Waals surface area contributed by atoms with Crippen molar-refractivity contribution in [1.29, 1.82) is 0 Å². The standard InChI is InChI=1S/C9H14N4/c10-8-2-1-3-9(12-8)13-6-4-11-5-7-13/h1-3,11H,4-7H2,(H2,10,12). The first-order chi connectivity index (χ1) is 6.36. The minimum absolute atomic E-state index is 0.594. The largest absolute Gasteiger partial charge is 0.384 e. The second-order valence-electron chi connectivity index (χ2n) is 3.16. The second kappa shape index (κ2) is 3.62.